The fourth-order valence-corrected chi connectivity index (χ4v) is 4.58. The van der Waals surface area contributed by atoms with Crippen LogP contribution in [0, 0.1) is 11.8 Å². The summed E-state index contributed by atoms with van der Waals surface area (Å²) in [4.78, 5) is 55.1. The van der Waals surface area contributed by atoms with Gasteiger partial charge in [-0.05, 0) is 11.8 Å². The number of aromatic nitrogens is 1. The summed E-state index contributed by atoms with van der Waals surface area (Å²) in [7, 11) is 7.40. The normalized spacial score (nSPS) is 15.1. The maximum Gasteiger partial charge on any atom is 0.355 e. The first-order chi connectivity index (χ1) is 16.1. The summed E-state index contributed by atoms with van der Waals surface area (Å²) in [6, 6.07) is -1.05. The van der Waals surface area contributed by atoms with Crippen molar-refractivity contribution in [3.05, 3.63) is 16.1 Å². The number of carboxylic acids is 1. The third-order valence-corrected chi connectivity index (χ3v) is 6.75. The van der Waals surface area contributed by atoms with Crippen molar-refractivity contribution >= 4 is 35.1 Å². The van der Waals surface area contributed by atoms with Crippen LogP contribution in [-0.2, 0) is 19.1 Å². The van der Waals surface area contributed by atoms with Gasteiger partial charge in [0, 0.05) is 31.8 Å². The molecule has 2 amide bonds. The molecule has 1 heterocycles. The lowest BCUT2D eigenvalue weighted by atomic mass is 9.93. The van der Waals surface area contributed by atoms with Crippen molar-refractivity contribution in [3.8, 4) is 0 Å². The summed E-state index contributed by atoms with van der Waals surface area (Å²) >= 11 is 1.10. The molecule has 0 bridgehead atoms. The van der Waals surface area contributed by atoms with E-state index in [-0.39, 0.29) is 48.4 Å². The number of rotatable bonds is 13. The van der Waals surface area contributed by atoms with E-state index in [9.17, 15) is 24.3 Å². The lowest BCUT2D eigenvalue weighted by Crippen LogP contribution is -2.56. The third-order valence-electron chi connectivity index (χ3n) is 5.81. The second-order valence-corrected chi connectivity index (χ2v) is 11.2. The van der Waals surface area contributed by atoms with Crippen LogP contribution in [-0.4, -0.2) is 90.0 Å². The number of ether oxygens (including phenoxy) is 1. The maximum absolute atomic E-state index is 13.6. The van der Waals surface area contributed by atoms with Crippen LogP contribution in [0.15, 0.2) is 5.38 Å². The predicted molar refractivity (Wildman–Crippen MR) is 134 cm³/mol. The molecule has 0 aromatic carbocycles. The predicted octanol–water partition coefficient (Wildman–Crippen LogP) is 2.56. The van der Waals surface area contributed by atoms with Crippen LogP contribution >= 0.6 is 11.3 Å². The highest BCUT2D eigenvalue weighted by Gasteiger charge is 2.36. The van der Waals surface area contributed by atoms with Gasteiger partial charge in [0.15, 0.2) is 18.3 Å². The number of aromatic carboxylic acids is 1. The number of carbonyl (C=O) groups is 4. The molecule has 0 aliphatic rings. The summed E-state index contributed by atoms with van der Waals surface area (Å²) < 4.78 is 5.93. The molecule has 0 fully saturated rings. The van der Waals surface area contributed by atoms with Crippen LogP contribution in [0.4, 0.5) is 0 Å². The quantitative estimate of drug-likeness (QED) is 0.307. The maximum atomic E-state index is 13.6. The Morgan fingerprint density at radius 3 is 2.23 bits per heavy atom. The minimum Gasteiger partial charge on any atom is -0.476 e. The molecule has 10 nitrogen and oxygen atoms in total. The van der Waals surface area contributed by atoms with Crippen LogP contribution in [0.3, 0.4) is 0 Å². The van der Waals surface area contributed by atoms with E-state index in [2.05, 4.69) is 10.3 Å². The van der Waals surface area contributed by atoms with Crippen molar-refractivity contribution in [1.82, 2.24) is 15.2 Å². The van der Waals surface area contributed by atoms with Crippen LogP contribution in [0.5, 0.6) is 0 Å². The van der Waals surface area contributed by atoms with Gasteiger partial charge < -0.3 is 24.5 Å². The number of nitrogens with zero attached hydrogens (tertiary/aromatic N) is 3. The summed E-state index contributed by atoms with van der Waals surface area (Å²) in [6.45, 7) is 9.32. The van der Waals surface area contributed by atoms with Gasteiger partial charge in [0.2, 0.25) is 5.91 Å². The number of nitrogens with one attached hydrogen (secondary N) is 1. The topological polar surface area (TPSA) is 126 Å². The van der Waals surface area contributed by atoms with Gasteiger partial charge in [-0.15, -0.1) is 11.3 Å². The van der Waals surface area contributed by atoms with Gasteiger partial charge in [-0.25, -0.2) is 9.78 Å². The van der Waals surface area contributed by atoms with Gasteiger partial charge in [-0.1, -0.05) is 34.1 Å². The minimum atomic E-state index is -1.16. The third kappa shape index (κ3) is 9.56. The minimum absolute atomic E-state index is 0.0135. The van der Waals surface area contributed by atoms with E-state index >= 15 is 0 Å². The summed E-state index contributed by atoms with van der Waals surface area (Å²) in [6.07, 6.45) is 0.142. The highest BCUT2D eigenvalue weighted by atomic mass is 32.1. The molecule has 1 aromatic rings. The van der Waals surface area contributed by atoms with E-state index in [1.54, 1.807) is 11.9 Å². The van der Waals surface area contributed by atoms with E-state index in [0.29, 0.717) is 15.9 Å². The Labute approximate surface area is 212 Å². The largest absolute Gasteiger partial charge is 0.476 e. The summed E-state index contributed by atoms with van der Waals surface area (Å²) in [5.74, 6) is -2.21. The molecule has 198 valence electrons. The van der Waals surface area contributed by atoms with Gasteiger partial charge in [0.1, 0.15) is 11.0 Å². The Morgan fingerprint density at radius 2 is 1.80 bits per heavy atom. The Kier molecular flexibility index (Phi) is 11.3. The zero-order chi connectivity index (χ0) is 27.1. The number of carbonyl (C=O) groups excluding carboxylic acids is 3. The van der Waals surface area contributed by atoms with Crippen LogP contribution in [0.1, 0.15) is 69.1 Å². The fourth-order valence-electron chi connectivity index (χ4n) is 3.75. The van der Waals surface area contributed by atoms with Gasteiger partial charge >= 0.3 is 11.9 Å². The van der Waals surface area contributed by atoms with Crippen LogP contribution in [0.25, 0.3) is 0 Å². The number of thiazole rings is 1. The molecular weight excluding hydrogens is 472 g/mol. The highest BCUT2D eigenvalue weighted by Crippen LogP contribution is 2.30. The molecule has 4 atom stereocenters. The van der Waals surface area contributed by atoms with Crippen molar-refractivity contribution in [1.29, 1.82) is 0 Å². The number of esters is 1. The number of carboxylic acid groups (broad SMARTS) is 1. The lowest BCUT2D eigenvalue weighted by molar-refractivity contribution is -0.862. The molecule has 2 N–H and O–H groups in total. The summed E-state index contributed by atoms with van der Waals surface area (Å²) in [5, 5.41) is 13.9. The van der Waals surface area contributed by atoms with Gasteiger partial charge in [-0.3, -0.25) is 14.4 Å². The number of likely N-dealkylation sites (N-methyl/N-ethyl adjacent to an activating group) is 2. The Hall–Kier alpha value is -2.53. The molecule has 1 rings (SSSR count). The molecular formula is C24H41N4O6S+. The molecule has 0 aliphatic heterocycles. The van der Waals surface area contributed by atoms with E-state index < -0.39 is 24.1 Å². The lowest BCUT2D eigenvalue weighted by Gasteiger charge is -2.37. The molecule has 0 saturated heterocycles. The Morgan fingerprint density at radius 1 is 1.20 bits per heavy atom. The molecule has 0 saturated carbocycles. The Bertz CT molecular complexity index is 895. The monoisotopic (exact) mass is 513 g/mol. The highest BCUT2D eigenvalue weighted by molar-refractivity contribution is 7.09. The number of quaternary nitrogens is 1. The second kappa shape index (κ2) is 13.0. The number of hydrogen-bond donors (Lipinski definition) is 2. The van der Waals surface area contributed by atoms with Gasteiger partial charge in [0.25, 0.3) is 5.91 Å². The van der Waals surface area contributed by atoms with E-state index in [4.69, 9.17) is 4.74 Å². The SMILES string of the molecule is CCC(C)[C@H](NC(=O)C[N+](C)(C)C)C(=O)N(C)[C@H](C[C@@H](OC(C)=O)c1nc(C(=O)O)cs1)C(C)C. The van der Waals surface area contributed by atoms with Gasteiger partial charge in [0.05, 0.1) is 21.1 Å². The van der Waals surface area contributed by atoms with Crippen LogP contribution < -0.4 is 5.32 Å². The first kappa shape index (κ1) is 30.5. The standard InChI is InChI=1S/C24H40N4O6S/c1-10-15(4)21(26-20(30)12-28(7,8)9)23(31)27(6)18(14(2)3)11-19(34-16(5)29)22-25-17(13-35-22)24(32)33/h13-15,18-19,21H,10-12H2,1-9H3,(H-,26,30,32,33)/p+1/t15?,18-,19-,21+/m1/s1. The second-order valence-electron chi connectivity index (χ2n) is 10.3. The van der Waals surface area contributed by atoms with Crippen molar-refractivity contribution in [2.45, 2.75) is 65.6 Å². The van der Waals surface area contributed by atoms with Crippen molar-refractivity contribution in [2.24, 2.45) is 11.8 Å². The van der Waals surface area contributed by atoms with Crippen molar-refractivity contribution in [3.63, 3.8) is 0 Å². The van der Waals surface area contributed by atoms with Crippen molar-refractivity contribution in [2.75, 3.05) is 34.7 Å². The Balaban J connectivity index is 3.21. The molecule has 11 heteroatoms. The number of amides is 2. The zero-order valence-electron chi connectivity index (χ0n) is 22.3. The van der Waals surface area contributed by atoms with Crippen LogP contribution in [0.2, 0.25) is 0 Å². The van der Waals surface area contributed by atoms with Crippen molar-refractivity contribution < 1.29 is 33.5 Å². The first-order valence-corrected chi connectivity index (χ1v) is 12.7. The molecule has 0 spiro atoms. The average Bonchev–Trinajstić information content (AvgIpc) is 3.22. The molecule has 0 radical (unpaired) electrons. The van der Waals surface area contributed by atoms with E-state index in [0.717, 1.165) is 11.3 Å². The molecule has 35 heavy (non-hydrogen) atoms. The molecule has 1 unspecified atom stereocenters. The first-order valence-electron chi connectivity index (χ1n) is 11.8. The zero-order valence-corrected chi connectivity index (χ0v) is 23.1. The fraction of sp³-hybridized carbons (Fsp3) is 0.708. The number of hydrogen-bond acceptors (Lipinski definition) is 7. The van der Waals surface area contributed by atoms with E-state index in [1.807, 2.05) is 48.8 Å². The molecule has 0 aliphatic carbocycles. The smallest absolute Gasteiger partial charge is 0.355 e. The summed E-state index contributed by atoms with van der Waals surface area (Å²) in [5.41, 5.74) is -0.121. The van der Waals surface area contributed by atoms with E-state index in [1.165, 1.54) is 12.3 Å². The average molecular weight is 514 g/mol. The molecule has 1 aromatic heterocycles. The van der Waals surface area contributed by atoms with Gasteiger partial charge in [-0.2, -0.15) is 0 Å².